The second kappa shape index (κ2) is 8.56. The van der Waals surface area contributed by atoms with Gasteiger partial charge in [0, 0.05) is 23.6 Å². The number of nitrogens with one attached hydrogen (secondary N) is 2. The second-order valence-corrected chi connectivity index (χ2v) is 6.57. The Bertz CT molecular complexity index is 734. The van der Waals surface area contributed by atoms with Crippen LogP contribution in [0.2, 0.25) is 0 Å². The molecule has 2 aromatic rings. The quantitative estimate of drug-likeness (QED) is 0.832. The predicted octanol–water partition coefficient (Wildman–Crippen LogP) is 3.35. The molecule has 1 heterocycles. The first kappa shape index (κ1) is 18.0. The van der Waals surface area contributed by atoms with E-state index in [-0.39, 0.29) is 23.7 Å². The van der Waals surface area contributed by atoms with E-state index in [2.05, 4.69) is 10.6 Å². The van der Waals surface area contributed by atoms with E-state index in [1.54, 1.807) is 25.5 Å². The Kier molecular flexibility index (Phi) is 5.94. The molecule has 0 radical (unpaired) electrons. The van der Waals surface area contributed by atoms with Gasteiger partial charge >= 0.3 is 0 Å². The van der Waals surface area contributed by atoms with E-state index in [0.717, 1.165) is 24.3 Å². The Morgan fingerprint density at radius 2 is 1.81 bits per heavy atom. The molecule has 1 saturated carbocycles. The maximum Gasteiger partial charge on any atom is 0.227 e. The number of hydrogen-bond acceptors (Lipinski definition) is 4. The molecule has 2 amide bonds. The number of rotatable bonds is 6. The SMILES string of the molecule is COc1cccc(NC(=O)C2CCC(C(=O)NCc3ccco3)CC2)c1. The number of benzene rings is 1. The Morgan fingerprint density at radius 3 is 2.46 bits per heavy atom. The summed E-state index contributed by atoms with van der Waals surface area (Å²) in [5.74, 6) is 1.39. The molecular formula is C20H24N2O4. The number of methoxy groups -OCH3 is 1. The summed E-state index contributed by atoms with van der Waals surface area (Å²) in [5.41, 5.74) is 0.729. The lowest BCUT2D eigenvalue weighted by Crippen LogP contribution is -2.35. The van der Waals surface area contributed by atoms with Crippen molar-refractivity contribution in [2.24, 2.45) is 11.8 Å². The number of hydrogen-bond donors (Lipinski definition) is 2. The second-order valence-electron chi connectivity index (χ2n) is 6.57. The smallest absolute Gasteiger partial charge is 0.227 e. The monoisotopic (exact) mass is 356 g/mol. The van der Waals surface area contributed by atoms with Crippen LogP contribution >= 0.6 is 0 Å². The Morgan fingerprint density at radius 1 is 1.08 bits per heavy atom. The molecule has 0 saturated heterocycles. The maximum absolute atomic E-state index is 12.5. The first-order valence-electron chi connectivity index (χ1n) is 8.90. The van der Waals surface area contributed by atoms with E-state index in [1.807, 2.05) is 24.3 Å². The van der Waals surface area contributed by atoms with Crippen molar-refractivity contribution in [3.63, 3.8) is 0 Å². The van der Waals surface area contributed by atoms with Crippen molar-refractivity contribution >= 4 is 17.5 Å². The molecule has 6 nitrogen and oxygen atoms in total. The standard InChI is InChI=1S/C20H24N2O4/c1-25-17-5-2-4-16(12-17)22-20(24)15-9-7-14(8-10-15)19(23)21-13-18-6-3-11-26-18/h2-6,11-12,14-15H,7-10,13H2,1H3,(H,21,23)(H,22,24). The molecule has 2 N–H and O–H groups in total. The van der Waals surface area contributed by atoms with Crippen LogP contribution in [-0.4, -0.2) is 18.9 Å². The summed E-state index contributed by atoms with van der Waals surface area (Å²) in [6.07, 6.45) is 4.47. The number of furan rings is 1. The molecule has 1 aliphatic rings. The van der Waals surface area contributed by atoms with Crippen molar-refractivity contribution in [1.29, 1.82) is 0 Å². The minimum atomic E-state index is -0.0599. The van der Waals surface area contributed by atoms with Gasteiger partial charge in [-0.2, -0.15) is 0 Å². The van der Waals surface area contributed by atoms with Crippen LogP contribution in [0.5, 0.6) is 5.75 Å². The summed E-state index contributed by atoms with van der Waals surface area (Å²) in [6.45, 7) is 0.405. The van der Waals surface area contributed by atoms with Crippen molar-refractivity contribution < 1.29 is 18.7 Å². The van der Waals surface area contributed by atoms with Crippen molar-refractivity contribution in [2.45, 2.75) is 32.2 Å². The third kappa shape index (κ3) is 4.65. The highest BCUT2D eigenvalue weighted by Crippen LogP contribution is 2.30. The summed E-state index contributed by atoms with van der Waals surface area (Å²) < 4.78 is 10.4. The summed E-state index contributed by atoms with van der Waals surface area (Å²) in [6, 6.07) is 10.9. The van der Waals surface area contributed by atoms with Crippen molar-refractivity contribution in [3.05, 3.63) is 48.4 Å². The van der Waals surface area contributed by atoms with E-state index in [4.69, 9.17) is 9.15 Å². The zero-order chi connectivity index (χ0) is 18.4. The van der Waals surface area contributed by atoms with E-state index < -0.39 is 0 Å². The predicted molar refractivity (Wildman–Crippen MR) is 97.6 cm³/mol. The molecule has 1 aliphatic carbocycles. The lowest BCUT2D eigenvalue weighted by molar-refractivity contribution is -0.128. The molecule has 0 bridgehead atoms. The fourth-order valence-electron chi connectivity index (χ4n) is 3.29. The average molecular weight is 356 g/mol. The fraction of sp³-hybridized carbons (Fsp3) is 0.400. The van der Waals surface area contributed by atoms with Crippen LogP contribution in [0, 0.1) is 11.8 Å². The summed E-state index contributed by atoms with van der Waals surface area (Å²) in [4.78, 5) is 24.7. The third-order valence-electron chi connectivity index (χ3n) is 4.82. The van der Waals surface area contributed by atoms with Crippen LogP contribution in [0.25, 0.3) is 0 Å². The summed E-state index contributed by atoms with van der Waals surface area (Å²) >= 11 is 0. The Balaban J connectivity index is 1.45. The molecule has 0 aliphatic heterocycles. The highest BCUT2D eigenvalue weighted by molar-refractivity contribution is 5.93. The van der Waals surface area contributed by atoms with Gasteiger partial charge in [-0.25, -0.2) is 0 Å². The van der Waals surface area contributed by atoms with Crippen LogP contribution in [-0.2, 0) is 16.1 Å². The number of anilines is 1. The van der Waals surface area contributed by atoms with Gasteiger partial charge < -0.3 is 19.8 Å². The van der Waals surface area contributed by atoms with Gasteiger partial charge in [-0.1, -0.05) is 6.07 Å². The van der Waals surface area contributed by atoms with Crippen LogP contribution in [0.3, 0.4) is 0 Å². The van der Waals surface area contributed by atoms with Crippen LogP contribution < -0.4 is 15.4 Å². The lowest BCUT2D eigenvalue weighted by Gasteiger charge is -2.27. The largest absolute Gasteiger partial charge is 0.497 e. The van der Waals surface area contributed by atoms with E-state index in [0.29, 0.717) is 25.1 Å². The average Bonchev–Trinajstić information content (AvgIpc) is 3.20. The summed E-state index contributed by atoms with van der Waals surface area (Å²) in [7, 11) is 1.60. The van der Waals surface area contributed by atoms with Gasteiger partial charge in [0.05, 0.1) is 19.9 Å². The molecular weight excluding hydrogens is 332 g/mol. The first-order chi connectivity index (χ1) is 12.7. The third-order valence-corrected chi connectivity index (χ3v) is 4.82. The number of carbonyl (C=O) groups excluding carboxylic acids is 2. The number of amides is 2. The Labute approximate surface area is 152 Å². The molecule has 6 heteroatoms. The lowest BCUT2D eigenvalue weighted by atomic mass is 9.81. The number of ether oxygens (including phenoxy) is 1. The van der Waals surface area contributed by atoms with E-state index in [1.165, 1.54) is 0 Å². The van der Waals surface area contributed by atoms with Gasteiger partial charge in [-0.15, -0.1) is 0 Å². The van der Waals surface area contributed by atoms with Gasteiger partial charge in [0.1, 0.15) is 11.5 Å². The van der Waals surface area contributed by atoms with Gasteiger partial charge in [0.15, 0.2) is 0 Å². The molecule has 26 heavy (non-hydrogen) atoms. The fourth-order valence-corrected chi connectivity index (χ4v) is 3.29. The zero-order valence-electron chi connectivity index (χ0n) is 14.9. The first-order valence-corrected chi connectivity index (χ1v) is 8.90. The normalized spacial score (nSPS) is 19.6. The molecule has 138 valence electrons. The zero-order valence-corrected chi connectivity index (χ0v) is 14.9. The van der Waals surface area contributed by atoms with Gasteiger partial charge in [0.2, 0.25) is 11.8 Å². The molecule has 1 fully saturated rings. The van der Waals surface area contributed by atoms with E-state index in [9.17, 15) is 9.59 Å². The van der Waals surface area contributed by atoms with Crippen molar-refractivity contribution in [1.82, 2.24) is 5.32 Å². The van der Waals surface area contributed by atoms with Gasteiger partial charge in [0.25, 0.3) is 0 Å². The van der Waals surface area contributed by atoms with Gasteiger partial charge in [-0.3, -0.25) is 9.59 Å². The minimum Gasteiger partial charge on any atom is -0.497 e. The van der Waals surface area contributed by atoms with Crippen LogP contribution in [0.1, 0.15) is 31.4 Å². The minimum absolute atomic E-state index is 0.00713. The molecule has 0 spiro atoms. The molecule has 1 aromatic heterocycles. The summed E-state index contributed by atoms with van der Waals surface area (Å²) in [5, 5.41) is 5.85. The molecule has 3 rings (SSSR count). The maximum atomic E-state index is 12.5. The van der Waals surface area contributed by atoms with Crippen LogP contribution in [0.4, 0.5) is 5.69 Å². The molecule has 0 unspecified atom stereocenters. The Hall–Kier alpha value is -2.76. The van der Waals surface area contributed by atoms with Crippen LogP contribution in [0.15, 0.2) is 47.1 Å². The molecule has 1 aromatic carbocycles. The highest BCUT2D eigenvalue weighted by atomic mass is 16.5. The molecule has 0 atom stereocenters. The highest BCUT2D eigenvalue weighted by Gasteiger charge is 2.30. The van der Waals surface area contributed by atoms with Crippen molar-refractivity contribution in [3.8, 4) is 5.75 Å². The van der Waals surface area contributed by atoms with Crippen molar-refractivity contribution in [2.75, 3.05) is 12.4 Å². The number of carbonyl (C=O) groups is 2. The topological polar surface area (TPSA) is 80.6 Å². The van der Waals surface area contributed by atoms with E-state index >= 15 is 0 Å². The van der Waals surface area contributed by atoms with Gasteiger partial charge in [-0.05, 0) is 49.9 Å².